The zero-order valence-corrected chi connectivity index (χ0v) is 11.8. The monoisotopic (exact) mass is 284 g/mol. The molecular formula is C14H21FN2O3. The first kappa shape index (κ1) is 16.4. The molecule has 0 unspecified atom stereocenters. The molecule has 6 heteroatoms. The SMILES string of the molecule is CC(C)COCCOCC(=O)Nc1ccc(F)cc1N. The number of anilines is 2. The molecule has 112 valence electrons. The number of hydrogen-bond donors (Lipinski definition) is 2. The molecule has 1 amide bonds. The van der Waals surface area contributed by atoms with Crippen molar-refractivity contribution in [1.29, 1.82) is 0 Å². The summed E-state index contributed by atoms with van der Waals surface area (Å²) < 4.78 is 23.3. The Balaban J connectivity index is 2.20. The predicted octanol–water partition coefficient (Wildman–Crippen LogP) is 2.04. The van der Waals surface area contributed by atoms with Gasteiger partial charge in [0.2, 0.25) is 5.91 Å². The minimum Gasteiger partial charge on any atom is -0.397 e. The Kier molecular flexibility index (Phi) is 6.97. The summed E-state index contributed by atoms with van der Waals surface area (Å²) in [5.74, 6) is -0.314. The number of carbonyl (C=O) groups is 1. The van der Waals surface area contributed by atoms with Crippen molar-refractivity contribution in [3.63, 3.8) is 0 Å². The third-order valence-electron chi connectivity index (χ3n) is 2.34. The highest BCUT2D eigenvalue weighted by Crippen LogP contribution is 2.18. The molecule has 0 radical (unpaired) electrons. The number of hydrogen-bond acceptors (Lipinski definition) is 4. The van der Waals surface area contributed by atoms with Crippen molar-refractivity contribution < 1.29 is 18.7 Å². The van der Waals surface area contributed by atoms with E-state index in [1.165, 1.54) is 12.1 Å². The average Bonchev–Trinajstić information content (AvgIpc) is 2.36. The van der Waals surface area contributed by atoms with E-state index in [1.807, 2.05) is 0 Å². The van der Waals surface area contributed by atoms with Gasteiger partial charge in [-0.3, -0.25) is 4.79 Å². The van der Waals surface area contributed by atoms with Crippen LogP contribution < -0.4 is 11.1 Å². The summed E-state index contributed by atoms with van der Waals surface area (Å²) in [5, 5.41) is 2.55. The zero-order valence-electron chi connectivity index (χ0n) is 11.8. The molecule has 0 atom stereocenters. The second-order valence-corrected chi connectivity index (χ2v) is 4.80. The van der Waals surface area contributed by atoms with E-state index in [1.54, 1.807) is 0 Å². The van der Waals surface area contributed by atoms with E-state index in [9.17, 15) is 9.18 Å². The van der Waals surface area contributed by atoms with Gasteiger partial charge in [0.15, 0.2) is 0 Å². The van der Waals surface area contributed by atoms with Crippen LogP contribution in [0.4, 0.5) is 15.8 Å². The van der Waals surface area contributed by atoms with Gasteiger partial charge in [0.1, 0.15) is 12.4 Å². The minimum atomic E-state index is -0.445. The van der Waals surface area contributed by atoms with Crippen LogP contribution in [0.15, 0.2) is 18.2 Å². The average molecular weight is 284 g/mol. The van der Waals surface area contributed by atoms with Crippen LogP contribution >= 0.6 is 0 Å². The summed E-state index contributed by atoms with van der Waals surface area (Å²) in [7, 11) is 0. The Labute approximate surface area is 118 Å². The molecule has 0 bridgehead atoms. The maximum atomic E-state index is 12.8. The van der Waals surface area contributed by atoms with Crippen LogP contribution in [-0.4, -0.2) is 32.3 Å². The molecule has 0 spiro atoms. The number of ether oxygens (including phenoxy) is 2. The Bertz CT molecular complexity index is 438. The number of halogens is 1. The molecule has 20 heavy (non-hydrogen) atoms. The van der Waals surface area contributed by atoms with Gasteiger partial charge in [-0.1, -0.05) is 13.8 Å². The summed E-state index contributed by atoms with van der Waals surface area (Å²) in [6.07, 6.45) is 0. The van der Waals surface area contributed by atoms with E-state index < -0.39 is 5.82 Å². The molecule has 1 rings (SSSR count). The fourth-order valence-corrected chi connectivity index (χ4v) is 1.44. The summed E-state index contributed by atoms with van der Waals surface area (Å²) in [6.45, 7) is 5.48. The molecule has 1 aromatic carbocycles. The molecule has 5 nitrogen and oxygen atoms in total. The maximum Gasteiger partial charge on any atom is 0.250 e. The molecule has 0 aliphatic rings. The third kappa shape index (κ3) is 6.49. The van der Waals surface area contributed by atoms with Gasteiger partial charge in [-0.15, -0.1) is 0 Å². The Morgan fingerprint density at radius 2 is 2.05 bits per heavy atom. The number of nitrogen functional groups attached to an aromatic ring is 1. The summed E-state index contributed by atoms with van der Waals surface area (Å²) in [4.78, 5) is 11.6. The first-order chi connectivity index (χ1) is 9.49. The van der Waals surface area contributed by atoms with Crippen molar-refractivity contribution in [1.82, 2.24) is 0 Å². The van der Waals surface area contributed by atoms with Crippen LogP contribution in [-0.2, 0) is 14.3 Å². The van der Waals surface area contributed by atoms with E-state index in [0.29, 0.717) is 31.4 Å². The van der Waals surface area contributed by atoms with Crippen molar-refractivity contribution >= 4 is 17.3 Å². The third-order valence-corrected chi connectivity index (χ3v) is 2.34. The van der Waals surface area contributed by atoms with E-state index in [-0.39, 0.29) is 18.2 Å². The molecule has 1 aromatic rings. The lowest BCUT2D eigenvalue weighted by atomic mass is 10.2. The lowest BCUT2D eigenvalue weighted by Gasteiger charge is -2.09. The summed E-state index contributed by atoms with van der Waals surface area (Å²) >= 11 is 0. The van der Waals surface area contributed by atoms with E-state index in [2.05, 4.69) is 19.2 Å². The molecule has 0 aliphatic heterocycles. The minimum absolute atomic E-state index is 0.0954. The smallest absolute Gasteiger partial charge is 0.250 e. The van der Waals surface area contributed by atoms with Crippen LogP contribution in [0.25, 0.3) is 0 Å². The zero-order chi connectivity index (χ0) is 15.0. The van der Waals surface area contributed by atoms with E-state index in [4.69, 9.17) is 15.2 Å². The Hall–Kier alpha value is -1.66. The predicted molar refractivity (Wildman–Crippen MR) is 75.9 cm³/mol. The van der Waals surface area contributed by atoms with Crippen molar-refractivity contribution in [3.05, 3.63) is 24.0 Å². The number of amides is 1. The van der Waals surface area contributed by atoms with Gasteiger partial charge in [-0.05, 0) is 24.1 Å². The number of nitrogens with two attached hydrogens (primary N) is 1. The molecular weight excluding hydrogens is 263 g/mol. The Morgan fingerprint density at radius 3 is 2.70 bits per heavy atom. The number of nitrogens with one attached hydrogen (secondary N) is 1. The van der Waals surface area contributed by atoms with Crippen LogP contribution in [0, 0.1) is 11.7 Å². The molecule has 0 heterocycles. The highest BCUT2D eigenvalue weighted by molar-refractivity contribution is 5.94. The number of rotatable bonds is 8. The van der Waals surface area contributed by atoms with Gasteiger partial charge in [-0.2, -0.15) is 0 Å². The first-order valence-corrected chi connectivity index (χ1v) is 6.49. The van der Waals surface area contributed by atoms with E-state index in [0.717, 1.165) is 6.07 Å². The van der Waals surface area contributed by atoms with Gasteiger partial charge in [0.25, 0.3) is 0 Å². The van der Waals surface area contributed by atoms with Crippen LogP contribution in [0.3, 0.4) is 0 Å². The molecule has 0 saturated carbocycles. The quantitative estimate of drug-likeness (QED) is 0.566. The van der Waals surface area contributed by atoms with Gasteiger partial charge in [0.05, 0.1) is 24.6 Å². The van der Waals surface area contributed by atoms with Crippen LogP contribution in [0.1, 0.15) is 13.8 Å². The Morgan fingerprint density at radius 1 is 1.35 bits per heavy atom. The topological polar surface area (TPSA) is 73.6 Å². The molecule has 0 saturated heterocycles. The normalized spacial score (nSPS) is 10.8. The van der Waals surface area contributed by atoms with Crippen molar-refractivity contribution in [2.24, 2.45) is 5.92 Å². The number of carbonyl (C=O) groups excluding carboxylic acids is 1. The molecule has 0 fully saturated rings. The molecule has 3 N–H and O–H groups in total. The van der Waals surface area contributed by atoms with Gasteiger partial charge in [-0.25, -0.2) is 4.39 Å². The van der Waals surface area contributed by atoms with Gasteiger partial charge < -0.3 is 20.5 Å². The van der Waals surface area contributed by atoms with Gasteiger partial charge in [0, 0.05) is 6.61 Å². The van der Waals surface area contributed by atoms with Crippen LogP contribution in [0.5, 0.6) is 0 Å². The highest BCUT2D eigenvalue weighted by Gasteiger charge is 2.06. The highest BCUT2D eigenvalue weighted by atomic mass is 19.1. The fraction of sp³-hybridized carbons (Fsp3) is 0.500. The summed E-state index contributed by atoms with van der Waals surface area (Å²) in [5.41, 5.74) is 6.13. The van der Waals surface area contributed by atoms with E-state index >= 15 is 0 Å². The summed E-state index contributed by atoms with van der Waals surface area (Å²) in [6, 6.07) is 3.79. The second kappa shape index (κ2) is 8.50. The fourth-order valence-electron chi connectivity index (χ4n) is 1.44. The number of benzene rings is 1. The lowest BCUT2D eigenvalue weighted by molar-refractivity contribution is -0.121. The largest absolute Gasteiger partial charge is 0.397 e. The van der Waals surface area contributed by atoms with Crippen LogP contribution in [0.2, 0.25) is 0 Å². The van der Waals surface area contributed by atoms with Crippen molar-refractivity contribution in [2.75, 3.05) is 37.5 Å². The molecule has 0 aromatic heterocycles. The lowest BCUT2D eigenvalue weighted by Crippen LogP contribution is -2.20. The standard InChI is InChI=1S/C14H21FN2O3/c1-10(2)8-19-5-6-20-9-14(18)17-13-4-3-11(15)7-12(13)16/h3-4,7,10H,5-6,8-9,16H2,1-2H3,(H,17,18). The second-order valence-electron chi connectivity index (χ2n) is 4.80. The maximum absolute atomic E-state index is 12.8. The van der Waals surface area contributed by atoms with Crippen molar-refractivity contribution in [2.45, 2.75) is 13.8 Å². The van der Waals surface area contributed by atoms with Crippen molar-refractivity contribution in [3.8, 4) is 0 Å². The first-order valence-electron chi connectivity index (χ1n) is 6.49. The molecule has 0 aliphatic carbocycles. The van der Waals surface area contributed by atoms with Gasteiger partial charge >= 0.3 is 0 Å².